The van der Waals surface area contributed by atoms with E-state index in [-0.39, 0.29) is 11.6 Å². The maximum atomic E-state index is 10.9. The van der Waals surface area contributed by atoms with Crippen molar-refractivity contribution >= 4 is 18.6 Å². The van der Waals surface area contributed by atoms with E-state index in [1.807, 2.05) is 0 Å². The average molecular weight is 189 g/mol. The third-order valence-corrected chi connectivity index (χ3v) is 1.44. The lowest BCUT2D eigenvalue weighted by atomic mass is 10.4. The molecule has 0 radical (unpaired) electrons. The second-order valence-electron chi connectivity index (χ2n) is 1.95. The molecule has 0 saturated carbocycles. The normalized spacial score (nSPS) is 12.5. The highest BCUT2D eigenvalue weighted by molar-refractivity contribution is 7.80. The zero-order chi connectivity index (χ0) is 8.97. The van der Waals surface area contributed by atoms with Crippen molar-refractivity contribution in [2.45, 2.75) is 6.04 Å². The van der Waals surface area contributed by atoms with Crippen LogP contribution in [-0.4, -0.2) is 28.1 Å². The molecule has 1 aromatic rings. The summed E-state index contributed by atoms with van der Waals surface area (Å²) in [5.41, 5.74) is 5.30. The largest absolute Gasteiger partial charge is 0.401 e. The fourth-order valence-electron chi connectivity index (χ4n) is 0.454. The molecule has 0 aromatic carbocycles. The quantitative estimate of drug-likeness (QED) is 0.479. The Balaban J connectivity index is 2.47. The third kappa shape index (κ3) is 2.21. The van der Waals surface area contributed by atoms with E-state index in [9.17, 15) is 4.79 Å². The van der Waals surface area contributed by atoms with Gasteiger partial charge in [-0.3, -0.25) is 0 Å². The van der Waals surface area contributed by atoms with Crippen molar-refractivity contribution in [2.24, 2.45) is 5.73 Å². The van der Waals surface area contributed by atoms with Crippen molar-refractivity contribution in [1.82, 2.24) is 10.4 Å². The van der Waals surface area contributed by atoms with E-state index in [0.29, 0.717) is 0 Å². The molecule has 0 aliphatic carbocycles. The summed E-state index contributed by atoms with van der Waals surface area (Å²) in [7, 11) is 0. The lowest BCUT2D eigenvalue weighted by molar-refractivity contribution is -0.135. The molecule has 6 nitrogen and oxygen atoms in total. The van der Waals surface area contributed by atoms with Gasteiger partial charge >= 0.3 is 5.97 Å². The summed E-state index contributed by atoms with van der Waals surface area (Å²) in [6.45, 7) is 0. The number of carbonyl (C=O) groups excluding carboxylic acids is 1. The molecule has 0 unspecified atom stereocenters. The SMILES string of the molecule is N[C@@H](CS)C(=O)Oc1conn1. The first-order valence-electron chi connectivity index (χ1n) is 3.09. The number of carbonyl (C=O) groups is 1. The van der Waals surface area contributed by atoms with Crippen LogP contribution in [0.1, 0.15) is 0 Å². The molecular formula is C5H7N3O3S. The van der Waals surface area contributed by atoms with Gasteiger partial charge in [0.1, 0.15) is 6.04 Å². The van der Waals surface area contributed by atoms with E-state index in [1.165, 1.54) is 0 Å². The van der Waals surface area contributed by atoms with Gasteiger partial charge in [-0.05, 0) is 0 Å². The van der Waals surface area contributed by atoms with Gasteiger partial charge in [0.25, 0.3) is 5.88 Å². The number of thiol groups is 1. The van der Waals surface area contributed by atoms with Crippen LogP contribution in [0.4, 0.5) is 0 Å². The highest BCUT2D eigenvalue weighted by atomic mass is 32.1. The first kappa shape index (κ1) is 9.01. The van der Waals surface area contributed by atoms with Crippen molar-refractivity contribution in [3.05, 3.63) is 6.26 Å². The zero-order valence-electron chi connectivity index (χ0n) is 6.01. The predicted octanol–water partition coefficient (Wildman–Crippen LogP) is -0.768. The number of ether oxygens (including phenoxy) is 1. The molecule has 66 valence electrons. The van der Waals surface area contributed by atoms with E-state index in [1.54, 1.807) is 0 Å². The molecule has 0 amide bonds. The number of rotatable bonds is 3. The lowest BCUT2D eigenvalue weighted by Crippen LogP contribution is -2.35. The molecule has 1 rings (SSSR count). The van der Waals surface area contributed by atoms with Gasteiger partial charge in [0.2, 0.25) is 0 Å². The van der Waals surface area contributed by atoms with Gasteiger partial charge in [-0.15, -0.1) is 0 Å². The Kier molecular flexibility index (Phi) is 3.06. The average Bonchev–Trinajstić information content (AvgIpc) is 2.55. The Morgan fingerprint density at radius 2 is 2.67 bits per heavy atom. The highest BCUT2D eigenvalue weighted by Gasteiger charge is 2.15. The number of hydrogen-bond acceptors (Lipinski definition) is 7. The molecule has 0 aliphatic rings. The summed E-state index contributed by atoms with van der Waals surface area (Å²) in [6, 6.07) is -0.759. The Morgan fingerprint density at radius 3 is 3.17 bits per heavy atom. The monoisotopic (exact) mass is 189 g/mol. The van der Waals surface area contributed by atoms with Crippen molar-refractivity contribution < 1.29 is 14.1 Å². The first-order chi connectivity index (χ1) is 5.74. The molecule has 7 heteroatoms. The predicted molar refractivity (Wildman–Crippen MR) is 41.8 cm³/mol. The Bertz CT molecular complexity index is 250. The minimum Gasteiger partial charge on any atom is -0.401 e. The number of nitrogens with two attached hydrogens (primary N) is 1. The molecule has 1 aromatic heterocycles. The maximum absolute atomic E-state index is 10.9. The van der Waals surface area contributed by atoms with Crippen LogP contribution in [0.25, 0.3) is 0 Å². The maximum Gasteiger partial charge on any atom is 0.330 e. The molecule has 12 heavy (non-hydrogen) atoms. The van der Waals surface area contributed by atoms with Crippen molar-refractivity contribution in [3.63, 3.8) is 0 Å². The van der Waals surface area contributed by atoms with E-state index in [2.05, 4.69) is 32.3 Å². The molecular weight excluding hydrogens is 182 g/mol. The van der Waals surface area contributed by atoms with Crippen LogP contribution in [-0.2, 0) is 4.79 Å². The Hall–Kier alpha value is -1.08. The topological polar surface area (TPSA) is 91.2 Å². The smallest absolute Gasteiger partial charge is 0.330 e. The van der Waals surface area contributed by atoms with Crippen LogP contribution < -0.4 is 10.5 Å². The number of esters is 1. The minimum atomic E-state index is -0.759. The fraction of sp³-hybridized carbons (Fsp3) is 0.400. The van der Waals surface area contributed by atoms with Gasteiger partial charge in [-0.1, -0.05) is 5.10 Å². The van der Waals surface area contributed by atoms with Gasteiger partial charge in [0.05, 0.1) is 0 Å². The summed E-state index contributed by atoms with van der Waals surface area (Å²) < 4.78 is 8.96. The summed E-state index contributed by atoms with van der Waals surface area (Å²) in [5, 5.41) is 6.43. The number of aromatic nitrogens is 2. The van der Waals surface area contributed by atoms with Crippen LogP contribution in [0.2, 0.25) is 0 Å². The van der Waals surface area contributed by atoms with E-state index in [4.69, 9.17) is 5.73 Å². The van der Waals surface area contributed by atoms with Gasteiger partial charge < -0.3 is 15.0 Å². The molecule has 1 heterocycles. The van der Waals surface area contributed by atoms with Gasteiger partial charge in [-0.2, -0.15) is 12.6 Å². The molecule has 0 bridgehead atoms. The van der Waals surface area contributed by atoms with Crippen molar-refractivity contribution in [2.75, 3.05) is 5.75 Å². The van der Waals surface area contributed by atoms with Crippen LogP contribution in [0, 0.1) is 0 Å². The Labute approximate surface area is 73.4 Å². The second-order valence-corrected chi connectivity index (χ2v) is 2.32. The van der Waals surface area contributed by atoms with E-state index >= 15 is 0 Å². The minimum absolute atomic E-state index is 0.00256. The zero-order valence-corrected chi connectivity index (χ0v) is 6.90. The molecule has 0 spiro atoms. The van der Waals surface area contributed by atoms with Gasteiger partial charge in [0.15, 0.2) is 6.26 Å². The van der Waals surface area contributed by atoms with Crippen LogP contribution in [0.5, 0.6) is 5.88 Å². The van der Waals surface area contributed by atoms with Crippen LogP contribution in [0.3, 0.4) is 0 Å². The fourth-order valence-corrected chi connectivity index (χ4v) is 0.603. The summed E-state index contributed by atoms with van der Waals surface area (Å²) in [5.74, 6) is -0.401. The molecule has 0 saturated heterocycles. The molecule has 2 N–H and O–H groups in total. The van der Waals surface area contributed by atoms with Gasteiger partial charge in [0, 0.05) is 11.0 Å². The molecule has 0 fully saturated rings. The van der Waals surface area contributed by atoms with E-state index < -0.39 is 12.0 Å². The second kappa shape index (κ2) is 4.07. The van der Waals surface area contributed by atoms with Crippen molar-refractivity contribution in [1.29, 1.82) is 0 Å². The summed E-state index contributed by atoms with van der Waals surface area (Å²) in [4.78, 5) is 10.9. The molecule has 1 atom stereocenters. The van der Waals surface area contributed by atoms with E-state index in [0.717, 1.165) is 6.26 Å². The number of nitrogens with zero attached hydrogens (tertiary/aromatic N) is 2. The van der Waals surface area contributed by atoms with Gasteiger partial charge in [-0.25, -0.2) is 4.79 Å². The van der Waals surface area contributed by atoms with Crippen LogP contribution in [0.15, 0.2) is 10.8 Å². The third-order valence-electron chi connectivity index (χ3n) is 1.04. The van der Waals surface area contributed by atoms with Crippen LogP contribution >= 0.6 is 12.6 Å². The molecule has 0 aliphatic heterocycles. The Morgan fingerprint density at radius 1 is 1.92 bits per heavy atom. The number of hydrogen-bond donors (Lipinski definition) is 2. The highest BCUT2D eigenvalue weighted by Crippen LogP contribution is 2.03. The lowest BCUT2D eigenvalue weighted by Gasteiger charge is -2.04. The summed E-state index contributed by atoms with van der Waals surface area (Å²) in [6.07, 6.45) is 1.10. The standard InChI is InChI=1S/C5H7N3O3S/c6-3(2-12)5(9)11-4-1-10-8-7-4/h1,3,12H,2,6H2/t3-/m0/s1. The summed E-state index contributed by atoms with van der Waals surface area (Å²) >= 11 is 3.82. The first-order valence-corrected chi connectivity index (χ1v) is 3.72. The van der Waals surface area contributed by atoms with Crippen molar-refractivity contribution in [3.8, 4) is 5.88 Å².